The summed E-state index contributed by atoms with van der Waals surface area (Å²) in [7, 11) is 1.71. The van der Waals surface area contributed by atoms with Crippen LogP contribution in [0.3, 0.4) is 0 Å². The summed E-state index contributed by atoms with van der Waals surface area (Å²) in [6.45, 7) is 1.20. The smallest absolute Gasteiger partial charge is 0.232 e. The molecule has 0 spiro atoms. The Kier molecular flexibility index (Phi) is 2.55. The van der Waals surface area contributed by atoms with Gasteiger partial charge in [-0.3, -0.25) is 0 Å². The highest BCUT2D eigenvalue weighted by Gasteiger charge is 2.21. The van der Waals surface area contributed by atoms with Gasteiger partial charge >= 0.3 is 0 Å². The van der Waals surface area contributed by atoms with Gasteiger partial charge in [-0.1, -0.05) is 0 Å². The van der Waals surface area contributed by atoms with Gasteiger partial charge in [-0.2, -0.15) is 0 Å². The van der Waals surface area contributed by atoms with E-state index < -0.39 is 9.05 Å². The van der Waals surface area contributed by atoms with Gasteiger partial charge in [-0.05, 0) is 12.3 Å². The van der Waals surface area contributed by atoms with E-state index in [-0.39, 0.29) is 11.7 Å². The van der Waals surface area contributed by atoms with E-state index in [2.05, 4.69) is 0 Å². The van der Waals surface area contributed by atoms with Crippen molar-refractivity contribution >= 4 is 19.7 Å². The van der Waals surface area contributed by atoms with Gasteiger partial charge in [-0.25, -0.2) is 8.42 Å². The standard InChI is InChI=1S/C5H9ClO3S/c6-10(7,8)4-5-1-2-9-3-5/h5H,1-4H2/t5-/m0/s1. The molecule has 1 aliphatic rings. The SMILES string of the molecule is O=S(=O)(Cl)C[C@H]1CCOC1. The maximum Gasteiger partial charge on any atom is 0.232 e. The zero-order valence-electron chi connectivity index (χ0n) is 5.42. The average molecular weight is 185 g/mol. The second-order valence-electron chi connectivity index (χ2n) is 2.44. The van der Waals surface area contributed by atoms with Crippen molar-refractivity contribution in [2.45, 2.75) is 6.42 Å². The summed E-state index contributed by atoms with van der Waals surface area (Å²) in [5, 5.41) is 0. The van der Waals surface area contributed by atoms with E-state index in [1.807, 2.05) is 0 Å². The molecule has 0 radical (unpaired) electrons. The molecule has 60 valence electrons. The largest absolute Gasteiger partial charge is 0.381 e. The zero-order chi connectivity index (χ0) is 7.61. The van der Waals surface area contributed by atoms with Crippen LogP contribution in [0.4, 0.5) is 0 Å². The molecule has 0 N–H and O–H groups in total. The molecule has 5 heteroatoms. The summed E-state index contributed by atoms with van der Waals surface area (Å²) >= 11 is 0. The molecule has 1 aliphatic heterocycles. The third kappa shape index (κ3) is 2.86. The van der Waals surface area contributed by atoms with Gasteiger partial charge in [0.05, 0.1) is 12.4 Å². The van der Waals surface area contributed by atoms with Gasteiger partial charge in [0.15, 0.2) is 0 Å². The number of halogens is 1. The number of rotatable bonds is 2. The Hall–Kier alpha value is 0.200. The van der Waals surface area contributed by atoms with Crippen LogP contribution >= 0.6 is 10.7 Å². The van der Waals surface area contributed by atoms with Gasteiger partial charge in [0, 0.05) is 17.3 Å². The van der Waals surface area contributed by atoms with Crippen molar-refractivity contribution in [1.29, 1.82) is 0 Å². The van der Waals surface area contributed by atoms with Crippen LogP contribution in [0.25, 0.3) is 0 Å². The van der Waals surface area contributed by atoms with Crippen molar-refractivity contribution in [1.82, 2.24) is 0 Å². The summed E-state index contributed by atoms with van der Waals surface area (Å²) < 4.78 is 26.0. The predicted molar refractivity (Wildman–Crippen MR) is 38.6 cm³/mol. The highest BCUT2D eigenvalue weighted by Crippen LogP contribution is 2.15. The molecule has 0 amide bonds. The Bertz CT molecular complexity index is 193. The molecule has 0 aromatic carbocycles. The molecule has 0 aromatic rings. The Morgan fingerprint density at radius 3 is 2.70 bits per heavy atom. The molecule has 1 heterocycles. The minimum absolute atomic E-state index is 0.0502. The maximum absolute atomic E-state index is 10.5. The average Bonchev–Trinajstić information content (AvgIpc) is 2.12. The van der Waals surface area contributed by atoms with Crippen LogP contribution in [0.1, 0.15) is 6.42 Å². The maximum atomic E-state index is 10.5. The van der Waals surface area contributed by atoms with Crippen molar-refractivity contribution in [3.05, 3.63) is 0 Å². The number of hydrogen-bond acceptors (Lipinski definition) is 3. The Morgan fingerprint density at radius 1 is 1.60 bits per heavy atom. The summed E-state index contributed by atoms with van der Waals surface area (Å²) in [6.07, 6.45) is 0.811. The molecule has 3 nitrogen and oxygen atoms in total. The molecule has 10 heavy (non-hydrogen) atoms. The van der Waals surface area contributed by atoms with Crippen LogP contribution in [0.15, 0.2) is 0 Å². The Morgan fingerprint density at radius 2 is 2.30 bits per heavy atom. The van der Waals surface area contributed by atoms with Crippen LogP contribution < -0.4 is 0 Å². The van der Waals surface area contributed by atoms with Crippen molar-refractivity contribution < 1.29 is 13.2 Å². The van der Waals surface area contributed by atoms with Crippen LogP contribution in [0, 0.1) is 5.92 Å². The lowest BCUT2D eigenvalue weighted by atomic mass is 10.2. The molecular weight excluding hydrogens is 176 g/mol. The molecule has 1 rings (SSSR count). The van der Waals surface area contributed by atoms with Gasteiger partial charge in [0.1, 0.15) is 0 Å². The van der Waals surface area contributed by atoms with E-state index in [9.17, 15) is 8.42 Å². The Labute approximate surface area is 64.7 Å². The fourth-order valence-corrected chi connectivity index (χ4v) is 2.36. The summed E-state index contributed by atoms with van der Waals surface area (Å²) in [4.78, 5) is 0. The van der Waals surface area contributed by atoms with Gasteiger partial charge in [0.2, 0.25) is 9.05 Å². The molecule has 1 atom stereocenters. The van der Waals surface area contributed by atoms with Crippen molar-refractivity contribution in [3.8, 4) is 0 Å². The molecule has 0 unspecified atom stereocenters. The molecule has 1 saturated heterocycles. The van der Waals surface area contributed by atoms with Crippen LogP contribution in [-0.4, -0.2) is 27.4 Å². The second kappa shape index (κ2) is 3.07. The molecular formula is C5H9ClO3S. The summed E-state index contributed by atoms with van der Waals surface area (Å²) in [5.74, 6) is 0.164. The quantitative estimate of drug-likeness (QED) is 0.590. The van der Waals surface area contributed by atoms with Crippen LogP contribution in [0.5, 0.6) is 0 Å². The van der Waals surface area contributed by atoms with Crippen LogP contribution in [-0.2, 0) is 13.8 Å². The molecule has 1 fully saturated rings. The van der Waals surface area contributed by atoms with Gasteiger partial charge in [0.25, 0.3) is 0 Å². The summed E-state index contributed by atoms with van der Waals surface area (Å²) in [6, 6.07) is 0. The Balaban J connectivity index is 2.38. The van der Waals surface area contributed by atoms with Gasteiger partial charge in [-0.15, -0.1) is 0 Å². The van der Waals surface area contributed by atoms with Gasteiger partial charge < -0.3 is 4.74 Å². The third-order valence-corrected chi connectivity index (χ3v) is 2.71. The van der Waals surface area contributed by atoms with E-state index in [1.165, 1.54) is 0 Å². The van der Waals surface area contributed by atoms with E-state index in [4.69, 9.17) is 15.4 Å². The first-order valence-corrected chi connectivity index (χ1v) is 5.56. The summed E-state index contributed by atoms with van der Waals surface area (Å²) in [5.41, 5.74) is 0. The lowest BCUT2D eigenvalue weighted by Crippen LogP contribution is -2.11. The van der Waals surface area contributed by atoms with Crippen molar-refractivity contribution in [2.24, 2.45) is 5.92 Å². The van der Waals surface area contributed by atoms with Crippen molar-refractivity contribution in [2.75, 3.05) is 19.0 Å². The minimum Gasteiger partial charge on any atom is -0.381 e. The topological polar surface area (TPSA) is 43.4 Å². The fourth-order valence-electron chi connectivity index (χ4n) is 0.996. The fraction of sp³-hybridized carbons (Fsp3) is 1.00. The van der Waals surface area contributed by atoms with E-state index >= 15 is 0 Å². The third-order valence-electron chi connectivity index (χ3n) is 1.46. The first kappa shape index (κ1) is 8.30. The number of hydrogen-bond donors (Lipinski definition) is 0. The lowest BCUT2D eigenvalue weighted by molar-refractivity contribution is 0.188. The monoisotopic (exact) mass is 184 g/mol. The van der Waals surface area contributed by atoms with Crippen molar-refractivity contribution in [3.63, 3.8) is 0 Å². The zero-order valence-corrected chi connectivity index (χ0v) is 6.99. The first-order chi connectivity index (χ1) is 4.58. The minimum atomic E-state index is -3.32. The first-order valence-electron chi connectivity index (χ1n) is 3.08. The molecule has 0 bridgehead atoms. The van der Waals surface area contributed by atoms with E-state index in [0.29, 0.717) is 13.2 Å². The second-order valence-corrected chi connectivity index (χ2v) is 5.26. The predicted octanol–water partition coefficient (Wildman–Crippen LogP) is 0.592. The van der Waals surface area contributed by atoms with E-state index in [0.717, 1.165) is 6.42 Å². The molecule has 0 saturated carbocycles. The normalized spacial score (nSPS) is 27.1. The lowest BCUT2D eigenvalue weighted by Gasteiger charge is -2.01. The highest BCUT2D eigenvalue weighted by atomic mass is 35.7. The van der Waals surface area contributed by atoms with Crippen LogP contribution in [0.2, 0.25) is 0 Å². The highest BCUT2D eigenvalue weighted by molar-refractivity contribution is 8.13. The molecule has 0 aromatic heterocycles. The number of ether oxygens (including phenoxy) is 1. The molecule has 0 aliphatic carbocycles. The van der Waals surface area contributed by atoms with E-state index in [1.54, 1.807) is 0 Å².